The zero-order chi connectivity index (χ0) is 7.98. The highest BCUT2D eigenvalue weighted by molar-refractivity contribution is 5.08. The SMILES string of the molecule is C=C(CC)CC(=C)CCC. The first-order valence-electron chi connectivity index (χ1n) is 4.04. The first kappa shape index (κ1) is 9.48. The van der Waals surface area contributed by atoms with Crippen LogP contribution in [0.15, 0.2) is 24.3 Å². The van der Waals surface area contributed by atoms with Gasteiger partial charge in [-0.1, -0.05) is 44.6 Å². The van der Waals surface area contributed by atoms with Crippen molar-refractivity contribution in [3.8, 4) is 0 Å². The van der Waals surface area contributed by atoms with Gasteiger partial charge in [0.2, 0.25) is 0 Å². The van der Waals surface area contributed by atoms with E-state index in [0.29, 0.717) is 0 Å². The highest BCUT2D eigenvalue weighted by Gasteiger charge is 1.94. The van der Waals surface area contributed by atoms with Crippen molar-refractivity contribution in [3.05, 3.63) is 24.3 Å². The molecule has 0 saturated carbocycles. The number of allylic oxidation sites excluding steroid dienone is 2. The second-order valence-electron chi connectivity index (χ2n) is 2.78. The van der Waals surface area contributed by atoms with Crippen LogP contribution in [0, 0.1) is 0 Å². The molecule has 0 N–H and O–H groups in total. The van der Waals surface area contributed by atoms with Gasteiger partial charge in [0, 0.05) is 0 Å². The molecule has 0 saturated heterocycles. The van der Waals surface area contributed by atoms with Crippen molar-refractivity contribution in [1.29, 1.82) is 0 Å². The summed E-state index contributed by atoms with van der Waals surface area (Å²) in [6, 6.07) is 0. The monoisotopic (exact) mass is 138 g/mol. The molecule has 0 aliphatic heterocycles. The molecule has 0 amide bonds. The van der Waals surface area contributed by atoms with E-state index in [-0.39, 0.29) is 0 Å². The molecule has 0 atom stereocenters. The van der Waals surface area contributed by atoms with Gasteiger partial charge in [0.15, 0.2) is 0 Å². The van der Waals surface area contributed by atoms with Gasteiger partial charge in [-0.3, -0.25) is 0 Å². The topological polar surface area (TPSA) is 0 Å². The Kier molecular flexibility index (Phi) is 5.00. The average Bonchev–Trinajstić information content (AvgIpc) is 1.88. The summed E-state index contributed by atoms with van der Waals surface area (Å²) in [7, 11) is 0. The maximum atomic E-state index is 3.97. The van der Waals surface area contributed by atoms with Gasteiger partial charge in [0.05, 0.1) is 0 Å². The van der Waals surface area contributed by atoms with Crippen molar-refractivity contribution in [2.24, 2.45) is 0 Å². The molecule has 0 aromatic rings. The molecule has 0 heterocycles. The molecule has 0 bridgehead atoms. The van der Waals surface area contributed by atoms with Gasteiger partial charge in [0.25, 0.3) is 0 Å². The first-order chi connectivity index (χ1) is 4.70. The minimum absolute atomic E-state index is 1.03. The largest absolute Gasteiger partial charge is 0.0995 e. The highest BCUT2D eigenvalue weighted by Crippen LogP contribution is 2.14. The van der Waals surface area contributed by atoms with Crippen molar-refractivity contribution in [3.63, 3.8) is 0 Å². The smallest absolute Gasteiger partial charge is 0.0114 e. The molecule has 0 aliphatic carbocycles. The Balaban J connectivity index is 3.47. The maximum absolute atomic E-state index is 3.97. The van der Waals surface area contributed by atoms with Crippen LogP contribution >= 0.6 is 0 Å². The van der Waals surface area contributed by atoms with E-state index in [4.69, 9.17) is 0 Å². The van der Waals surface area contributed by atoms with Crippen LogP contribution in [0.1, 0.15) is 39.5 Å². The Labute approximate surface area is 64.6 Å². The zero-order valence-electron chi connectivity index (χ0n) is 7.24. The van der Waals surface area contributed by atoms with Crippen LogP contribution in [0.25, 0.3) is 0 Å². The van der Waals surface area contributed by atoms with Crippen molar-refractivity contribution in [2.45, 2.75) is 39.5 Å². The van der Waals surface area contributed by atoms with Crippen LogP contribution < -0.4 is 0 Å². The molecule has 10 heavy (non-hydrogen) atoms. The summed E-state index contributed by atoms with van der Waals surface area (Å²) < 4.78 is 0. The lowest BCUT2D eigenvalue weighted by atomic mass is 10.0. The zero-order valence-corrected chi connectivity index (χ0v) is 7.24. The van der Waals surface area contributed by atoms with Gasteiger partial charge >= 0.3 is 0 Å². The van der Waals surface area contributed by atoms with Crippen LogP contribution in [0.5, 0.6) is 0 Å². The minimum Gasteiger partial charge on any atom is -0.0995 e. The Bertz CT molecular complexity index is 120. The van der Waals surface area contributed by atoms with Crippen LogP contribution in [-0.4, -0.2) is 0 Å². The quantitative estimate of drug-likeness (QED) is 0.508. The van der Waals surface area contributed by atoms with Gasteiger partial charge in [-0.25, -0.2) is 0 Å². The van der Waals surface area contributed by atoms with E-state index in [9.17, 15) is 0 Å². The molecule has 0 heteroatoms. The molecular weight excluding hydrogens is 120 g/mol. The van der Waals surface area contributed by atoms with Crippen LogP contribution in [0.4, 0.5) is 0 Å². The normalized spacial score (nSPS) is 9.40. The van der Waals surface area contributed by atoms with Gasteiger partial charge in [0.1, 0.15) is 0 Å². The molecule has 0 aromatic heterocycles. The summed E-state index contributed by atoms with van der Waals surface area (Å²) in [5.41, 5.74) is 2.63. The fraction of sp³-hybridized carbons (Fsp3) is 0.600. The summed E-state index contributed by atoms with van der Waals surface area (Å²) in [5.74, 6) is 0. The van der Waals surface area contributed by atoms with E-state index in [1.54, 1.807) is 0 Å². The Morgan fingerprint density at radius 3 is 2.10 bits per heavy atom. The predicted octanol–water partition coefficient (Wildman–Crippen LogP) is 3.70. The summed E-state index contributed by atoms with van der Waals surface area (Å²) in [6.45, 7) is 12.2. The summed E-state index contributed by atoms with van der Waals surface area (Å²) >= 11 is 0. The van der Waals surface area contributed by atoms with Gasteiger partial charge in [-0.05, 0) is 19.3 Å². The van der Waals surface area contributed by atoms with Crippen molar-refractivity contribution >= 4 is 0 Å². The van der Waals surface area contributed by atoms with E-state index < -0.39 is 0 Å². The lowest BCUT2D eigenvalue weighted by molar-refractivity contribution is 0.856. The summed E-state index contributed by atoms with van der Waals surface area (Å²) in [5, 5.41) is 0. The van der Waals surface area contributed by atoms with Gasteiger partial charge in [-0.2, -0.15) is 0 Å². The average molecular weight is 138 g/mol. The number of hydrogen-bond donors (Lipinski definition) is 0. The standard InChI is InChI=1S/C10H18/c1-5-7-10(4)8-9(3)6-2/h3-8H2,1-2H3. The number of rotatable bonds is 5. The highest BCUT2D eigenvalue weighted by atomic mass is 14.0. The first-order valence-corrected chi connectivity index (χ1v) is 4.04. The van der Waals surface area contributed by atoms with Gasteiger partial charge < -0.3 is 0 Å². The molecule has 0 aliphatic rings. The second kappa shape index (κ2) is 5.28. The van der Waals surface area contributed by atoms with Crippen molar-refractivity contribution in [1.82, 2.24) is 0 Å². The Morgan fingerprint density at radius 2 is 1.70 bits per heavy atom. The van der Waals surface area contributed by atoms with Crippen LogP contribution in [0.2, 0.25) is 0 Å². The molecule has 0 fully saturated rings. The van der Waals surface area contributed by atoms with Crippen LogP contribution in [0.3, 0.4) is 0 Å². The van der Waals surface area contributed by atoms with E-state index >= 15 is 0 Å². The fourth-order valence-corrected chi connectivity index (χ4v) is 0.920. The van der Waals surface area contributed by atoms with E-state index in [0.717, 1.165) is 19.3 Å². The molecule has 0 nitrogen and oxygen atoms in total. The van der Waals surface area contributed by atoms with E-state index in [1.807, 2.05) is 0 Å². The van der Waals surface area contributed by atoms with Crippen LogP contribution in [-0.2, 0) is 0 Å². The lowest BCUT2D eigenvalue weighted by Gasteiger charge is -2.03. The predicted molar refractivity (Wildman–Crippen MR) is 48.1 cm³/mol. The second-order valence-corrected chi connectivity index (χ2v) is 2.78. The van der Waals surface area contributed by atoms with E-state index in [2.05, 4.69) is 27.0 Å². The summed E-state index contributed by atoms with van der Waals surface area (Å²) in [6.07, 6.45) is 4.47. The third-order valence-electron chi connectivity index (χ3n) is 1.60. The van der Waals surface area contributed by atoms with E-state index in [1.165, 1.54) is 17.6 Å². The summed E-state index contributed by atoms with van der Waals surface area (Å²) in [4.78, 5) is 0. The molecule has 0 spiro atoms. The fourth-order valence-electron chi connectivity index (χ4n) is 0.920. The Hall–Kier alpha value is -0.520. The van der Waals surface area contributed by atoms with Crippen molar-refractivity contribution < 1.29 is 0 Å². The Morgan fingerprint density at radius 1 is 1.10 bits per heavy atom. The van der Waals surface area contributed by atoms with Crippen molar-refractivity contribution in [2.75, 3.05) is 0 Å². The third kappa shape index (κ3) is 4.37. The molecule has 0 rings (SSSR count). The molecule has 58 valence electrons. The van der Waals surface area contributed by atoms with Gasteiger partial charge in [-0.15, -0.1) is 0 Å². The number of hydrogen-bond acceptors (Lipinski definition) is 0. The minimum atomic E-state index is 1.03. The molecule has 0 radical (unpaired) electrons. The molecular formula is C10H18. The third-order valence-corrected chi connectivity index (χ3v) is 1.60. The molecule has 0 aromatic carbocycles. The molecule has 0 unspecified atom stereocenters. The lowest BCUT2D eigenvalue weighted by Crippen LogP contribution is -1.83. The maximum Gasteiger partial charge on any atom is -0.0114 e.